The van der Waals surface area contributed by atoms with E-state index in [0.717, 1.165) is 5.69 Å². The lowest BCUT2D eigenvalue weighted by Gasteiger charge is -2.06. The van der Waals surface area contributed by atoms with Gasteiger partial charge in [-0.3, -0.25) is 9.59 Å². The molecule has 0 aliphatic rings. The van der Waals surface area contributed by atoms with E-state index >= 15 is 0 Å². The molecule has 0 aliphatic heterocycles. The van der Waals surface area contributed by atoms with Crippen molar-refractivity contribution < 1.29 is 9.59 Å². The van der Waals surface area contributed by atoms with Crippen LogP contribution in [0.15, 0.2) is 53.3 Å². The van der Waals surface area contributed by atoms with Gasteiger partial charge >= 0.3 is 5.69 Å². The second-order valence-corrected chi connectivity index (χ2v) is 6.28. The van der Waals surface area contributed by atoms with Gasteiger partial charge < -0.3 is 20.6 Å². The molecule has 0 saturated heterocycles. The molecular formula is C17H16N4O3S. The average molecular weight is 356 g/mol. The molecule has 1 heterocycles. The lowest BCUT2D eigenvalue weighted by Crippen LogP contribution is -2.18. The number of aromatic nitrogens is 2. The number of hydrogen-bond donors (Lipinski definition) is 4. The Morgan fingerprint density at radius 3 is 2.20 bits per heavy atom. The fraction of sp³-hybridized carbons (Fsp3) is 0.118. The molecule has 3 rings (SSSR count). The number of nitrogens with one attached hydrogen (secondary N) is 4. The van der Waals surface area contributed by atoms with Crippen molar-refractivity contribution in [3.05, 3.63) is 59.0 Å². The smallest absolute Gasteiger partial charge is 0.323 e. The van der Waals surface area contributed by atoms with Crippen molar-refractivity contribution in [2.24, 2.45) is 0 Å². The summed E-state index contributed by atoms with van der Waals surface area (Å²) in [6.07, 6.45) is 0. The number of carbonyl (C=O) groups excluding carboxylic acids is 2. The number of carbonyl (C=O) groups is 2. The zero-order chi connectivity index (χ0) is 17.6. The van der Waals surface area contributed by atoms with Crippen LogP contribution in [0.4, 0.5) is 11.4 Å². The number of rotatable bonds is 6. The monoisotopic (exact) mass is 356 g/mol. The first-order chi connectivity index (χ1) is 12.1. The highest BCUT2D eigenvalue weighted by atomic mass is 32.2. The third-order valence-electron chi connectivity index (χ3n) is 3.32. The highest BCUT2D eigenvalue weighted by molar-refractivity contribution is 8.00. The summed E-state index contributed by atoms with van der Waals surface area (Å²) in [6, 6.07) is 14.2. The number of fused-ring (bicyclic) bond motifs is 1. The third kappa shape index (κ3) is 4.74. The number of hydrogen-bond acceptors (Lipinski definition) is 4. The predicted molar refractivity (Wildman–Crippen MR) is 99.9 cm³/mol. The molecule has 0 unspecified atom stereocenters. The maximum absolute atomic E-state index is 12.0. The summed E-state index contributed by atoms with van der Waals surface area (Å²) in [5.41, 5.74) is 2.32. The molecule has 1 aromatic heterocycles. The number of aromatic amines is 2. The molecule has 2 amide bonds. The van der Waals surface area contributed by atoms with Gasteiger partial charge in [-0.1, -0.05) is 18.2 Å². The Hall–Kier alpha value is -3.00. The van der Waals surface area contributed by atoms with Crippen molar-refractivity contribution in [2.75, 3.05) is 22.1 Å². The van der Waals surface area contributed by atoms with E-state index in [-0.39, 0.29) is 29.0 Å². The molecule has 0 aliphatic carbocycles. The summed E-state index contributed by atoms with van der Waals surface area (Å²) in [5, 5.41) is 5.50. The standard InChI is InChI=1S/C17H16N4O3S/c22-15(18-11-4-2-1-3-5-11)9-25-10-16(23)19-12-6-7-13-14(8-12)21-17(24)20-13/h1-8H,9-10H2,(H,18,22)(H,19,23)(H2,20,21,24). The first-order valence-electron chi connectivity index (χ1n) is 7.55. The van der Waals surface area contributed by atoms with Gasteiger partial charge in [-0.25, -0.2) is 4.79 Å². The van der Waals surface area contributed by atoms with Gasteiger partial charge in [0.1, 0.15) is 0 Å². The zero-order valence-electron chi connectivity index (χ0n) is 13.2. The van der Waals surface area contributed by atoms with Crippen LogP contribution in [0.3, 0.4) is 0 Å². The van der Waals surface area contributed by atoms with Crippen LogP contribution >= 0.6 is 11.8 Å². The predicted octanol–water partition coefficient (Wildman–Crippen LogP) is 2.17. The van der Waals surface area contributed by atoms with E-state index in [9.17, 15) is 14.4 Å². The van der Waals surface area contributed by atoms with Gasteiger partial charge in [0.15, 0.2) is 0 Å². The molecule has 0 radical (unpaired) electrons. The van der Waals surface area contributed by atoms with E-state index in [4.69, 9.17) is 0 Å². The summed E-state index contributed by atoms with van der Waals surface area (Å²) in [5.74, 6) is -0.0267. The number of benzene rings is 2. The van der Waals surface area contributed by atoms with Gasteiger partial charge in [0.2, 0.25) is 11.8 Å². The van der Waals surface area contributed by atoms with Crippen LogP contribution in [0.2, 0.25) is 0 Å². The lowest BCUT2D eigenvalue weighted by atomic mass is 10.3. The molecule has 0 bridgehead atoms. The van der Waals surface area contributed by atoms with E-state index in [1.807, 2.05) is 18.2 Å². The third-order valence-corrected chi connectivity index (χ3v) is 4.26. The Kier molecular flexibility index (Phi) is 5.20. The minimum atomic E-state index is -0.293. The second kappa shape index (κ2) is 7.71. The topological polar surface area (TPSA) is 107 Å². The van der Waals surface area contributed by atoms with Crippen LogP contribution in [0.25, 0.3) is 11.0 Å². The highest BCUT2D eigenvalue weighted by Crippen LogP contribution is 2.15. The van der Waals surface area contributed by atoms with Crippen LogP contribution in [0.1, 0.15) is 0 Å². The summed E-state index contributed by atoms with van der Waals surface area (Å²) in [6.45, 7) is 0. The van der Waals surface area contributed by atoms with Gasteiger partial charge in [-0.15, -0.1) is 11.8 Å². The van der Waals surface area contributed by atoms with E-state index in [1.165, 1.54) is 11.8 Å². The van der Waals surface area contributed by atoms with Crippen LogP contribution in [0.5, 0.6) is 0 Å². The molecular weight excluding hydrogens is 340 g/mol. The molecule has 128 valence electrons. The Balaban J connectivity index is 1.45. The molecule has 0 fully saturated rings. The maximum atomic E-state index is 12.0. The van der Waals surface area contributed by atoms with Gasteiger partial charge in [-0.2, -0.15) is 0 Å². The van der Waals surface area contributed by atoms with E-state index in [2.05, 4.69) is 20.6 Å². The minimum Gasteiger partial charge on any atom is -0.325 e. The summed E-state index contributed by atoms with van der Waals surface area (Å²) in [7, 11) is 0. The Labute approximate surface area is 147 Å². The number of thioether (sulfide) groups is 1. The van der Waals surface area contributed by atoms with E-state index in [0.29, 0.717) is 16.7 Å². The summed E-state index contributed by atoms with van der Waals surface area (Å²) < 4.78 is 0. The van der Waals surface area contributed by atoms with Crippen molar-refractivity contribution >= 4 is 46.0 Å². The fourth-order valence-electron chi connectivity index (χ4n) is 2.26. The number of amides is 2. The number of para-hydroxylation sites is 1. The Bertz CT molecular complexity index is 949. The minimum absolute atomic E-state index is 0.157. The van der Waals surface area contributed by atoms with Crippen molar-refractivity contribution in [1.29, 1.82) is 0 Å². The average Bonchev–Trinajstić information content (AvgIpc) is 2.95. The van der Waals surface area contributed by atoms with Crippen LogP contribution in [-0.2, 0) is 9.59 Å². The Morgan fingerprint density at radius 2 is 1.48 bits per heavy atom. The number of anilines is 2. The zero-order valence-corrected chi connectivity index (χ0v) is 14.0. The van der Waals surface area contributed by atoms with Gasteiger partial charge in [0.25, 0.3) is 0 Å². The van der Waals surface area contributed by atoms with Crippen LogP contribution < -0.4 is 16.3 Å². The molecule has 0 saturated carbocycles. The quantitative estimate of drug-likeness (QED) is 0.543. The van der Waals surface area contributed by atoms with Gasteiger partial charge in [0.05, 0.1) is 22.5 Å². The molecule has 8 heteroatoms. The van der Waals surface area contributed by atoms with Gasteiger partial charge in [-0.05, 0) is 30.3 Å². The Morgan fingerprint density at radius 1 is 0.840 bits per heavy atom. The molecule has 7 nitrogen and oxygen atoms in total. The largest absolute Gasteiger partial charge is 0.325 e. The summed E-state index contributed by atoms with van der Waals surface area (Å²) in [4.78, 5) is 40.2. The molecule has 2 aromatic carbocycles. The highest BCUT2D eigenvalue weighted by Gasteiger charge is 2.07. The maximum Gasteiger partial charge on any atom is 0.323 e. The van der Waals surface area contributed by atoms with Crippen LogP contribution in [-0.4, -0.2) is 33.3 Å². The van der Waals surface area contributed by atoms with Crippen molar-refractivity contribution in [2.45, 2.75) is 0 Å². The molecule has 3 aromatic rings. The molecule has 0 atom stereocenters. The lowest BCUT2D eigenvalue weighted by molar-refractivity contribution is -0.114. The fourth-order valence-corrected chi connectivity index (χ4v) is 2.88. The molecule has 0 spiro atoms. The second-order valence-electron chi connectivity index (χ2n) is 5.29. The van der Waals surface area contributed by atoms with Crippen molar-refractivity contribution in [3.8, 4) is 0 Å². The number of H-pyrrole nitrogens is 2. The molecule has 4 N–H and O–H groups in total. The SMILES string of the molecule is O=C(CSCC(=O)Nc1ccc2[nH]c(=O)[nH]c2c1)Nc1ccccc1. The van der Waals surface area contributed by atoms with Gasteiger partial charge in [0, 0.05) is 11.4 Å². The van der Waals surface area contributed by atoms with Crippen molar-refractivity contribution in [3.63, 3.8) is 0 Å². The first-order valence-corrected chi connectivity index (χ1v) is 8.70. The van der Waals surface area contributed by atoms with E-state index in [1.54, 1.807) is 30.3 Å². The van der Waals surface area contributed by atoms with Crippen molar-refractivity contribution in [1.82, 2.24) is 9.97 Å². The first kappa shape index (κ1) is 16.8. The normalized spacial score (nSPS) is 10.6. The summed E-state index contributed by atoms with van der Waals surface area (Å²) >= 11 is 1.23. The molecule has 25 heavy (non-hydrogen) atoms. The van der Waals surface area contributed by atoms with E-state index < -0.39 is 0 Å². The van der Waals surface area contributed by atoms with Crippen LogP contribution in [0, 0.1) is 0 Å². The number of imidazole rings is 1.